The van der Waals surface area contributed by atoms with Crippen LogP contribution in [0.25, 0.3) is 0 Å². The summed E-state index contributed by atoms with van der Waals surface area (Å²) in [6.07, 6.45) is 3.60. The molecular weight excluding hydrogens is 192 g/mol. The van der Waals surface area contributed by atoms with Crippen molar-refractivity contribution in [2.24, 2.45) is 5.92 Å². The minimum atomic E-state index is -0.665. The molecular formula is C11H20N2O2. The fraction of sp³-hybridized carbons (Fsp3) is 0.818. The van der Waals surface area contributed by atoms with Gasteiger partial charge in [0.05, 0.1) is 0 Å². The Balaban J connectivity index is 2.85. The summed E-state index contributed by atoms with van der Waals surface area (Å²) in [5.41, 5.74) is -0.665. The highest BCUT2D eigenvalue weighted by Crippen LogP contribution is 2.29. The Morgan fingerprint density at radius 3 is 2.40 bits per heavy atom. The second-order valence-electron chi connectivity index (χ2n) is 4.29. The van der Waals surface area contributed by atoms with E-state index in [9.17, 15) is 9.59 Å². The number of amides is 3. The summed E-state index contributed by atoms with van der Waals surface area (Å²) in [6, 6.07) is -0.351. The third-order valence-corrected chi connectivity index (χ3v) is 3.35. The van der Waals surface area contributed by atoms with E-state index in [4.69, 9.17) is 0 Å². The number of imide groups is 1. The number of carbonyl (C=O) groups is 2. The van der Waals surface area contributed by atoms with Crippen molar-refractivity contribution in [2.75, 3.05) is 0 Å². The number of rotatable bonds is 5. The molecule has 1 rings (SSSR count). The van der Waals surface area contributed by atoms with Crippen LogP contribution in [-0.4, -0.2) is 17.5 Å². The fourth-order valence-electron chi connectivity index (χ4n) is 2.08. The van der Waals surface area contributed by atoms with Crippen LogP contribution in [-0.2, 0) is 4.79 Å². The molecule has 2 unspecified atom stereocenters. The molecule has 1 aliphatic heterocycles. The van der Waals surface area contributed by atoms with E-state index in [0.29, 0.717) is 0 Å². The van der Waals surface area contributed by atoms with E-state index in [1.165, 1.54) is 0 Å². The van der Waals surface area contributed by atoms with Gasteiger partial charge in [-0.25, -0.2) is 4.79 Å². The number of hydrogen-bond donors (Lipinski definition) is 2. The predicted molar refractivity (Wildman–Crippen MR) is 58.4 cm³/mol. The molecule has 4 nitrogen and oxygen atoms in total. The van der Waals surface area contributed by atoms with Crippen molar-refractivity contribution in [1.29, 1.82) is 0 Å². The first-order chi connectivity index (χ1) is 7.06. The van der Waals surface area contributed by atoms with Gasteiger partial charge >= 0.3 is 6.03 Å². The molecule has 2 N–H and O–H groups in total. The largest absolute Gasteiger partial charge is 0.323 e. The molecule has 86 valence electrons. The van der Waals surface area contributed by atoms with Crippen molar-refractivity contribution in [2.45, 2.75) is 52.0 Å². The summed E-state index contributed by atoms with van der Waals surface area (Å²) in [7, 11) is 0. The topological polar surface area (TPSA) is 58.2 Å². The molecule has 0 aromatic rings. The maximum atomic E-state index is 11.8. The Morgan fingerprint density at radius 2 is 2.00 bits per heavy atom. The van der Waals surface area contributed by atoms with Crippen LogP contribution in [0.1, 0.15) is 46.5 Å². The molecule has 0 saturated carbocycles. The van der Waals surface area contributed by atoms with Gasteiger partial charge in [-0.05, 0) is 12.3 Å². The average Bonchev–Trinajstić information content (AvgIpc) is 2.50. The predicted octanol–water partition coefficient (Wildman–Crippen LogP) is 1.80. The number of carbonyl (C=O) groups excluding carboxylic acids is 2. The number of urea groups is 1. The second-order valence-corrected chi connectivity index (χ2v) is 4.29. The van der Waals surface area contributed by atoms with Crippen molar-refractivity contribution in [3.8, 4) is 0 Å². The third-order valence-electron chi connectivity index (χ3n) is 3.35. The summed E-state index contributed by atoms with van der Waals surface area (Å²) in [4.78, 5) is 23.0. The first-order valence-corrected chi connectivity index (χ1v) is 5.70. The number of hydrogen-bond acceptors (Lipinski definition) is 2. The van der Waals surface area contributed by atoms with Crippen LogP contribution in [0, 0.1) is 5.92 Å². The Bertz CT molecular complexity index is 265. The van der Waals surface area contributed by atoms with Crippen molar-refractivity contribution >= 4 is 11.9 Å². The normalized spacial score (nSPS) is 27.4. The SMILES string of the molecule is CCCCC1(C(C)CC)NC(=O)NC1=O. The lowest BCUT2D eigenvalue weighted by atomic mass is 9.79. The minimum absolute atomic E-state index is 0.157. The van der Waals surface area contributed by atoms with Crippen molar-refractivity contribution in [1.82, 2.24) is 10.6 Å². The lowest BCUT2D eigenvalue weighted by Crippen LogP contribution is -2.52. The van der Waals surface area contributed by atoms with E-state index in [1.54, 1.807) is 0 Å². The quantitative estimate of drug-likeness (QED) is 0.683. The molecule has 1 aliphatic rings. The number of unbranched alkanes of at least 4 members (excludes halogenated alkanes) is 1. The summed E-state index contributed by atoms with van der Waals surface area (Å²) >= 11 is 0. The van der Waals surface area contributed by atoms with Gasteiger partial charge in [0.15, 0.2) is 0 Å². The van der Waals surface area contributed by atoms with Gasteiger partial charge < -0.3 is 5.32 Å². The first kappa shape index (κ1) is 12.0. The van der Waals surface area contributed by atoms with Gasteiger partial charge in [0.2, 0.25) is 0 Å². The van der Waals surface area contributed by atoms with Crippen LogP contribution in [0.4, 0.5) is 4.79 Å². The Morgan fingerprint density at radius 1 is 1.33 bits per heavy atom. The highest BCUT2D eigenvalue weighted by Gasteiger charge is 2.48. The highest BCUT2D eigenvalue weighted by molar-refractivity contribution is 6.07. The van der Waals surface area contributed by atoms with Crippen molar-refractivity contribution in [3.05, 3.63) is 0 Å². The Hall–Kier alpha value is -1.06. The van der Waals surface area contributed by atoms with Crippen LogP contribution in [0.5, 0.6) is 0 Å². The van der Waals surface area contributed by atoms with Crippen LogP contribution in [0.3, 0.4) is 0 Å². The lowest BCUT2D eigenvalue weighted by Gasteiger charge is -2.31. The second kappa shape index (κ2) is 4.64. The van der Waals surface area contributed by atoms with Gasteiger partial charge in [-0.15, -0.1) is 0 Å². The minimum Gasteiger partial charge on any atom is -0.323 e. The van der Waals surface area contributed by atoms with E-state index in [2.05, 4.69) is 17.6 Å². The third kappa shape index (κ3) is 2.13. The zero-order chi connectivity index (χ0) is 11.5. The van der Waals surface area contributed by atoms with Crippen LogP contribution >= 0.6 is 0 Å². The maximum absolute atomic E-state index is 11.8. The zero-order valence-corrected chi connectivity index (χ0v) is 9.72. The van der Waals surface area contributed by atoms with Crippen LogP contribution < -0.4 is 10.6 Å². The highest BCUT2D eigenvalue weighted by atomic mass is 16.2. The van der Waals surface area contributed by atoms with Gasteiger partial charge in [-0.1, -0.05) is 40.0 Å². The van der Waals surface area contributed by atoms with E-state index in [1.807, 2.05) is 13.8 Å². The van der Waals surface area contributed by atoms with E-state index < -0.39 is 5.54 Å². The van der Waals surface area contributed by atoms with E-state index >= 15 is 0 Å². The molecule has 3 amide bonds. The molecule has 0 bridgehead atoms. The smallest absolute Gasteiger partial charge is 0.322 e. The molecule has 15 heavy (non-hydrogen) atoms. The summed E-state index contributed by atoms with van der Waals surface area (Å²) in [5, 5.41) is 5.15. The maximum Gasteiger partial charge on any atom is 0.322 e. The zero-order valence-electron chi connectivity index (χ0n) is 9.72. The van der Waals surface area contributed by atoms with Gasteiger partial charge in [-0.2, -0.15) is 0 Å². The Labute approximate surface area is 90.8 Å². The lowest BCUT2D eigenvalue weighted by molar-refractivity contribution is -0.126. The summed E-state index contributed by atoms with van der Waals surface area (Å²) < 4.78 is 0. The van der Waals surface area contributed by atoms with Gasteiger partial charge in [0.1, 0.15) is 5.54 Å². The monoisotopic (exact) mass is 212 g/mol. The molecule has 0 radical (unpaired) electrons. The van der Waals surface area contributed by atoms with Crippen molar-refractivity contribution < 1.29 is 9.59 Å². The van der Waals surface area contributed by atoms with Gasteiger partial charge in [-0.3, -0.25) is 10.1 Å². The van der Waals surface area contributed by atoms with Crippen molar-refractivity contribution in [3.63, 3.8) is 0 Å². The molecule has 0 aromatic carbocycles. The average molecular weight is 212 g/mol. The van der Waals surface area contributed by atoms with Gasteiger partial charge in [0, 0.05) is 0 Å². The Kier molecular flexibility index (Phi) is 3.72. The van der Waals surface area contributed by atoms with E-state index in [0.717, 1.165) is 25.7 Å². The van der Waals surface area contributed by atoms with Crippen LogP contribution in [0.15, 0.2) is 0 Å². The van der Waals surface area contributed by atoms with Gasteiger partial charge in [0.25, 0.3) is 5.91 Å². The molecule has 2 atom stereocenters. The number of nitrogens with one attached hydrogen (secondary N) is 2. The first-order valence-electron chi connectivity index (χ1n) is 5.70. The summed E-state index contributed by atoms with van der Waals surface area (Å²) in [5.74, 6) is 0.0193. The molecule has 1 heterocycles. The molecule has 0 spiro atoms. The molecule has 4 heteroatoms. The molecule has 0 aliphatic carbocycles. The standard InChI is InChI=1S/C11H20N2O2/c1-4-6-7-11(8(3)5-2)9(14)12-10(15)13-11/h8H,4-7H2,1-3H3,(H2,12,13,14,15). The molecule has 1 fully saturated rings. The molecule has 0 aromatic heterocycles. The summed E-state index contributed by atoms with van der Waals surface area (Å²) in [6.45, 7) is 6.13. The molecule has 1 saturated heterocycles. The fourth-order valence-corrected chi connectivity index (χ4v) is 2.08. The van der Waals surface area contributed by atoms with E-state index in [-0.39, 0.29) is 17.9 Å². The van der Waals surface area contributed by atoms with Crippen LogP contribution in [0.2, 0.25) is 0 Å².